The topological polar surface area (TPSA) is 95.8 Å². The van der Waals surface area contributed by atoms with Crippen LogP contribution in [0.5, 0.6) is 11.5 Å². The second-order valence-corrected chi connectivity index (χ2v) is 4.11. The lowest BCUT2D eigenvalue weighted by molar-refractivity contribution is -0.124. The number of rotatable bonds is 2. The van der Waals surface area contributed by atoms with Gasteiger partial charge in [0.15, 0.2) is 11.5 Å². The minimum Gasteiger partial charge on any atom is -0.504 e. The van der Waals surface area contributed by atoms with Crippen molar-refractivity contribution in [2.75, 3.05) is 13.1 Å². The number of hydrogen-bond donors (Lipinski definition) is 3. The fourth-order valence-corrected chi connectivity index (χ4v) is 1.85. The molecule has 0 aliphatic carbocycles. The van der Waals surface area contributed by atoms with Gasteiger partial charge in [0.05, 0.1) is 0 Å². The minimum atomic E-state index is -0.180. The molecule has 1 aromatic carbocycles. The molecule has 1 aliphatic rings. The first-order chi connectivity index (χ1) is 8.16. The summed E-state index contributed by atoms with van der Waals surface area (Å²) < 4.78 is 0. The van der Waals surface area contributed by atoms with E-state index in [4.69, 9.17) is 5.11 Å². The maximum atomic E-state index is 11.7. The van der Waals surface area contributed by atoms with Crippen LogP contribution in [0.3, 0.4) is 0 Å². The summed E-state index contributed by atoms with van der Waals surface area (Å²) in [5, 5.41) is 18.4. The molecule has 2 rings (SSSR count). The molecule has 0 saturated carbocycles. The van der Waals surface area contributed by atoms with Gasteiger partial charge >= 0.3 is 0 Å². The third kappa shape index (κ3) is 4.30. The van der Waals surface area contributed by atoms with Crippen molar-refractivity contribution < 1.29 is 15.0 Å². The molecular formula is C14H22N2O3. The molecule has 1 saturated heterocycles. The van der Waals surface area contributed by atoms with E-state index in [-0.39, 0.29) is 31.0 Å². The molecule has 1 aliphatic heterocycles. The molecule has 1 amide bonds. The van der Waals surface area contributed by atoms with E-state index in [1.165, 1.54) is 18.2 Å². The highest BCUT2D eigenvalue weighted by atomic mass is 16.3. The molecule has 0 spiro atoms. The molecule has 0 atom stereocenters. The van der Waals surface area contributed by atoms with Gasteiger partial charge in [-0.3, -0.25) is 4.79 Å². The lowest BCUT2D eigenvalue weighted by Gasteiger charge is -2.11. The van der Waals surface area contributed by atoms with Crippen molar-refractivity contribution in [2.24, 2.45) is 0 Å². The van der Waals surface area contributed by atoms with Gasteiger partial charge in [-0.2, -0.15) is 0 Å². The van der Waals surface area contributed by atoms with Crippen molar-refractivity contribution in [1.82, 2.24) is 11.1 Å². The fraction of sp³-hybridized carbons (Fsp3) is 0.357. The number of likely N-dealkylation sites (tertiary alicyclic amines) is 1. The van der Waals surface area contributed by atoms with E-state index >= 15 is 0 Å². The van der Waals surface area contributed by atoms with Gasteiger partial charge in [0.2, 0.25) is 5.91 Å². The number of benzene rings is 1. The van der Waals surface area contributed by atoms with Crippen molar-refractivity contribution in [3.05, 3.63) is 29.8 Å². The molecular weight excluding hydrogens is 244 g/mol. The SMILES string of the molecule is C.N.O=C(/C=C/c1ccc(O)c(O)c1)N1CCCC1. The summed E-state index contributed by atoms with van der Waals surface area (Å²) in [4.78, 5) is 13.5. The average molecular weight is 266 g/mol. The molecule has 1 heterocycles. The Kier molecular flexibility index (Phi) is 6.64. The minimum absolute atomic E-state index is 0. The highest BCUT2D eigenvalue weighted by Crippen LogP contribution is 2.25. The number of carbonyl (C=O) groups excluding carboxylic acids is 1. The Balaban J connectivity index is 0.00000162. The largest absolute Gasteiger partial charge is 0.504 e. The summed E-state index contributed by atoms with van der Waals surface area (Å²) in [7, 11) is 0. The van der Waals surface area contributed by atoms with Gasteiger partial charge in [-0.1, -0.05) is 13.5 Å². The Bertz CT molecular complexity index is 452. The maximum Gasteiger partial charge on any atom is 0.246 e. The van der Waals surface area contributed by atoms with E-state index in [0.29, 0.717) is 5.56 Å². The molecule has 5 nitrogen and oxygen atoms in total. The van der Waals surface area contributed by atoms with Gasteiger partial charge < -0.3 is 21.3 Å². The van der Waals surface area contributed by atoms with E-state index in [2.05, 4.69) is 0 Å². The predicted octanol–water partition coefficient (Wildman–Crippen LogP) is 2.53. The number of phenols is 2. The Hall–Kier alpha value is -2.01. The third-order valence-corrected chi connectivity index (χ3v) is 2.84. The molecule has 19 heavy (non-hydrogen) atoms. The van der Waals surface area contributed by atoms with Crippen molar-refractivity contribution >= 4 is 12.0 Å². The summed E-state index contributed by atoms with van der Waals surface area (Å²) in [6.45, 7) is 1.65. The predicted molar refractivity (Wildman–Crippen MR) is 76.4 cm³/mol. The van der Waals surface area contributed by atoms with Gasteiger partial charge in [-0.15, -0.1) is 0 Å². The van der Waals surface area contributed by atoms with Crippen molar-refractivity contribution in [2.45, 2.75) is 20.3 Å². The van der Waals surface area contributed by atoms with E-state index in [9.17, 15) is 9.90 Å². The zero-order chi connectivity index (χ0) is 12.3. The molecule has 0 bridgehead atoms. The number of nitrogens with zero attached hydrogens (tertiary/aromatic N) is 1. The summed E-state index contributed by atoms with van der Waals surface area (Å²) in [5.41, 5.74) is 0.688. The Morgan fingerprint density at radius 2 is 1.79 bits per heavy atom. The quantitative estimate of drug-likeness (QED) is 0.566. The molecule has 0 aromatic heterocycles. The zero-order valence-corrected chi connectivity index (χ0v) is 10.2. The second-order valence-electron chi connectivity index (χ2n) is 4.11. The van der Waals surface area contributed by atoms with Gasteiger partial charge in [-0.25, -0.2) is 0 Å². The first kappa shape index (κ1) is 17.0. The molecule has 5 heteroatoms. The van der Waals surface area contributed by atoms with E-state index in [0.717, 1.165) is 25.9 Å². The van der Waals surface area contributed by atoms with Crippen LogP contribution in [0, 0.1) is 0 Å². The van der Waals surface area contributed by atoms with Crippen LogP contribution < -0.4 is 6.15 Å². The second kappa shape index (κ2) is 7.43. The molecule has 5 N–H and O–H groups in total. The normalized spacial score (nSPS) is 14.0. The summed E-state index contributed by atoms with van der Waals surface area (Å²) in [5.74, 6) is -0.344. The Morgan fingerprint density at radius 3 is 2.37 bits per heavy atom. The number of amides is 1. The van der Waals surface area contributed by atoms with Crippen molar-refractivity contribution in [1.29, 1.82) is 0 Å². The van der Waals surface area contributed by atoms with Crippen LogP contribution in [0.25, 0.3) is 6.08 Å². The van der Waals surface area contributed by atoms with Crippen LogP contribution in [0.2, 0.25) is 0 Å². The number of carbonyl (C=O) groups is 1. The summed E-state index contributed by atoms with van der Waals surface area (Å²) >= 11 is 0. The Morgan fingerprint density at radius 1 is 1.16 bits per heavy atom. The van der Waals surface area contributed by atoms with E-state index < -0.39 is 0 Å². The average Bonchev–Trinajstić information content (AvgIpc) is 2.84. The smallest absolute Gasteiger partial charge is 0.246 e. The van der Waals surface area contributed by atoms with Gasteiger partial charge in [0.1, 0.15) is 0 Å². The van der Waals surface area contributed by atoms with Crippen LogP contribution in [-0.4, -0.2) is 34.1 Å². The summed E-state index contributed by atoms with van der Waals surface area (Å²) in [6.07, 6.45) is 5.27. The van der Waals surface area contributed by atoms with Gasteiger partial charge in [0.25, 0.3) is 0 Å². The standard InChI is InChI=1S/C13H15NO3.CH4.H3N/c15-11-5-3-10(9-12(11)16)4-6-13(17)14-7-1-2-8-14;;/h3-6,9,15-16H,1-2,7-8H2;1H4;1H3/b6-4+;;. The molecule has 0 unspecified atom stereocenters. The van der Waals surface area contributed by atoms with E-state index in [1.54, 1.807) is 17.0 Å². The molecule has 106 valence electrons. The monoisotopic (exact) mass is 266 g/mol. The van der Waals surface area contributed by atoms with E-state index in [1.807, 2.05) is 0 Å². The molecule has 1 fully saturated rings. The van der Waals surface area contributed by atoms with Crippen LogP contribution in [0.1, 0.15) is 25.8 Å². The number of hydrogen-bond acceptors (Lipinski definition) is 4. The van der Waals surface area contributed by atoms with Gasteiger partial charge in [0, 0.05) is 19.2 Å². The number of aromatic hydroxyl groups is 2. The van der Waals surface area contributed by atoms with Crippen molar-refractivity contribution in [3.63, 3.8) is 0 Å². The van der Waals surface area contributed by atoms with Crippen LogP contribution in [0.15, 0.2) is 24.3 Å². The molecule has 0 radical (unpaired) electrons. The first-order valence-electron chi connectivity index (χ1n) is 5.66. The fourth-order valence-electron chi connectivity index (χ4n) is 1.85. The molecule has 1 aromatic rings. The number of phenolic OH excluding ortho intramolecular Hbond substituents is 2. The Labute approximate surface area is 113 Å². The third-order valence-electron chi connectivity index (χ3n) is 2.84. The maximum absolute atomic E-state index is 11.7. The lowest BCUT2D eigenvalue weighted by atomic mass is 10.2. The highest BCUT2D eigenvalue weighted by Gasteiger charge is 2.14. The van der Waals surface area contributed by atoms with Crippen LogP contribution in [0.4, 0.5) is 0 Å². The van der Waals surface area contributed by atoms with Crippen molar-refractivity contribution in [3.8, 4) is 11.5 Å². The lowest BCUT2D eigenvalue weighted by Crippen LogP contribution is -2.25. The summed E-state index contributed by atoms with van der Waals surface area (Å²) in [6, 6.07) is 4.46. The van der Waals surface area contributed by atoms with Gasteiger partial charge in [-0.05, 0) is 36.6 Å². The zero-order valence-electron chi connectivity index (χ0n) is 10.2. The van der Waals surface area contributed by atoms with Crippen LogP contribution >= 0.6 is 0 Å². The highest BCUT2D eigenvalue weighted by molar-refractivity contribution is 5.92. The van der Waals surface area contributed by atoms with Crippen LogP contribution in [-0.2, 0) is 4.79 Å². The first-order valence-corrected chi connectivity index (χ1v) is 5.66.